The van der Waals surface area contributed by atoms with Crippen molar-refractivity contribution in [2.75, 3.05) is 26.8 Å². The van der Waals surface area contributed by atoms with Crippen LogP contribution >= 0.6 is 0 Å². The second kappa shape index (κ2) is 7.03. The van der Waals surface area contributed by atoms with Crippen molar-refractivity contribution < 1.29 is 9.53 Å². The number of carbonyl (C=O) groups excluding carboxylic acids is 1. The van der Waals surface area contributed by atoms with Crippen LogP contribution in [-0.2, 0) is 11.3 Å². The largest absolute Gasteiger partial charge is 0.384 e. The SMILES string of the molecule is COCC(C)CNC(=O)c1cn(CCN)cn1. The summed E-state index contributed by atoms with van der Waals surface area (Å²) in [5.74, 6) is 0.124. The van der Waals surface area contributed by atoms with Crippen molar-refractivity contribution >= 4 is 5.91 Å². The lowest BCUT2D eigenvalue weighted by molar-refractivity contribution is 0.0929. The molecule has 1 aromatic heterocycles. The van der Waals surface area contributed by atoms with Gasteiger partial charge in [0.1, 0.15) is 5.69 Å². The average Bonchev–Trinajstić information content (AvgIpc) is 2.75. The Morgan fingerprint density at radius 3 is 3.12 bits per heavy atom. The van der Waals surface area contributed by atoms with Gasteiger partial charge in [-0.25, -0.2) is 4.98 Å². The van der Waals surface area contributed by atoms with Crippen molar-refractivity contribution in [1.82, 2.24) is 14.9 Å². The number of amides is 1. The highest BCUT2D eigenvalue weighted by Gasteiger charge is 2.10. The molecule has 1 aromatic rings. The second-order valence-corrected chi connectivity index (χ2v) is 4.06. The van der Waals surface area contributed by atoms with Gasteiger partial charge in [-0.3, -0.25) is 4.79 Å². The second-order valence-electron chi connectivity index (χ2n) is 4.06. The van der Waals surface area contributed by atoms with E-state index in [2.05, 4.69) is 10.3 Å². The third kappa shape index (κ3) is 4.54. The first-order valence-electron chi connectivity index (χ1n) is 5.66. The molecule has 17 heavy (non-hydrogen) atoms. The van der Waals surface area contributed by atoms with Crippen molar-refractivity contribution in [3.05, 3.63) is 18.2 Å². The molecule has 0 aliphatic carbocycles. The van der Waals surface area contributed by atoms with E-state index in [4.69, 9.17) is 10.5 Å². The van der Waals surface area contributed by atoms with E-state index in [1.54, 1.807) is 24.2 Å². The van der Waals surface area contributed by atoms with E-state index in [0.29, 0.717) is 31.9 Å². The number of hydrogen-bond donors (Lipinski definition) is 2. The highest BCUT2D eigenvalue weighted by Crippen LogP contribution is 1.97. The zero-order valence-electron chi connectivity index (χ0n) is 10.3. The zero-order valence-corrected chi connectivity index (χ0v) is 10.3. The molecule has 1 rings (SSSR count). The van der Waals surface area contributed by atoms with Crippen LogP contribution in [0.3, 0.4) is 0 Å². The third-order valence-corrected chi connectivity index (χ3v) is 2.32. The van der Waals surface area contributed by atoms with Gasteiger partial charge >= 0.3 is 0 Å². The van der Waals surface area contributed by atoms with Crippen LogP contribution < -0.4 is 11.1 Å². The summed E-state index contributed by atoms with van der Waals surface area (Å²) in [5.41, 5.74) is 5.83. The predicted octanol–water partition coefficient (Wildman–Crippen LogP) is -0.146. The standard InChI is InChI=1S/C11H20N4O2/c1-9(7-17-2)5-13-11(16)10-6-15(4-3-12)8-14-10/h6,8-9H,3-5,7,12H2,1-2H3,(H,13,16). The first kappa shape index (κ1) is 13.7. The summed E-state index contributed by atoms with van der Waals surface area (Å²) in [6, 6.07) is 0. The van der Waals surface area contributed by atoms with Crippen LogP contribution in [0.1, 0.15) is 17.4 Å². The summed E-state index contributed by atoms with van der Waals surface area (Å²) in [6.07, 6.45) is 3.31. The van der Waals surface area contributed by atoms with E-state index in [9.17, 15) is 4.79 Å². The number of ether oxygens (including phenoxy) is 1. The number of rotatable bonds is 7. The Balaban J connectivity index is 2.40. The Kier molecular flexibility index (Phi) is 5.65. The molecule has 1 unspecified atom stereocenters. The lowest BCUT2D eigenvalue weighted by Gasteiger charge is -2.10. The molecule has 0 saturated carbocycles. The van der Waals surface area contributed by atoms with Crippen molar-refractivity contribution in [2.24, 2.45) is 11.7 Å². The maximum Gasteiger partial charge on any atom is 0.271 e. The van der Waals surface area contributed by atoms with Crippen LogP contribution in [0.5, 0.6) is 0 Å². The minimum Gasteiger partial charge on any atom is -0.384 e. The van der Waals surface area contributed by atoms with Gasteiger partial charge in [-0.2, -0.15) is 0 Å². The summed E-state index contributed by atoms with van der Waals surface area (Å²) in [5, 5.41) is 2.81. The maximum absolute atomic E-state index is 11.7. The van der Waals surface area contributed by atoms with Crippen LogP contribution in [0, 0.1) is 5.92 Å². The Bertz CT molecular complexity index is 351. The number of carbonyl (C=O) groups is 1. The molecular formula is C11H20N4O2. The van der Waals surface area contributed by atoms with E-state index < -0.39 is 0 Å². The molecule has 0 aliphatic heterocycles. The molecule has 3 N–H and O–H groups in total. The van der Waals surface area contributed by atoms with Gasteiger partial charge in [0, 0.05) is 32.9 Å². The van der Waals surface area contributed by atoms with Gasteiger partial charge in [0.2, 0.25) is 0 Å². The molecule has 0 aliphatic rings. The fourth-order valence-corrected chi connectivity index (χ4v) is 1.45. The highest BCUT2D eigenvalue weighted by atomic mass is 16.5. The monoisotopic (exact) mass is 240 g/mol. The molecule has 0 spiro atoms. The molecule has 0 fully saturated rings. The summed E-state index contributed by atoms with van der Waals surface area (Å²) >= 11 is 0. The minimum atomic E-state index is -0.163. The maximum atomic E-state index is 11.7. The molecule has 1 heterocycles. The van der Waals surface area contributed by atoms with Gasteiger partial charge in [-0.15, -0.1) is 0 Å². The lowest BCUT2D eigenvalue weighted by atomic mass is 10.2. The van der Waals surface area contributed by atoms with Gasteiger partial charge in [0.15, 0.2) is 0 Å². The average molecular weight is 240 g/mol. The number of methoxy groups -OCH3 is 1. The quantitative estimate of drug-likeness (QED) is 0.694. The molecule has 0 aromatic carbocycles. The first-order valence-corrected chi connectivity index (χ1v) is 5.66. The molecule has 0 radical (unpaired) electrons. The molecule has 1 amide bonds. The van der Waals surface area contributed by atoms with Crippen molar-refractivity contribution in [1.29, 1.82) is 0 Å². The predicted molar refractivity (Wildman–Crippen MR) is 64.7 cm³/mol. The third-order valence-electron chi connectivity index (χ3n) is 2.32. The summed E-state index contributed by atoms with van der Waals surface area (Å²) in [7, 11) is 1.65. The van der Waals surface area contributed by atoms with E-state index in [1.807, 2.05) is 6.92 Å². The fraction of sp³-hybridized carbons (Fsp3) is 0.636. The molecule has 96 valence electrons. The molecule has 0 saturated heterocycles. The van der Waals surface area contributed by atoms with Gasteiger partial charge in [-0.05, 0) is 5.92 Å². The molecule has 6 nitrogen and oxygen atoms in total. The van der Waals surface area contributed by atoms with Crippen molar-refractivity contribution in [3.8, 4) is 0 Å². The minimum absolute atomic E-state index is 0.163. The first-order chi connectivity index (χ1) is 8.17. The summed E-state index contributed by atoms with van der Waals surface area (Å²) < 4.78 is 6.79. The summed E-state index contributed by atoms with van der Waals surface area (Å²) in [6.45, 7) is 4.41. The Hall–Kier alpha value is -1.40. The van der Waals surface area contributed by atoms with Crippen molar-refractivity contribution in [2.45, 2.75) is 13.5 Å². The van der Waals surface area contributed by atoms with Crippen LogP contribution in [0.4, 0.5) is 0 Å². The molecule has 1 atom stereocenters. The molecule has 0 bridgehead atoms. The van der Waals surface area contributed by atoms with Crippen LogP contribution in [0.25, 0.3) is 0 Å². The smallest absolute Gasteiger partial charge is 0.271 e. The number of imidazole rings is 1. The van der Waals surface area contributed by atoms with E-state index in [0.717, 1.165) is 0 Å². The normalized spacial score (nSPS) is 12.4. The zero-order chi connectivity index (χ0) is 12.7. The number of hydrogen-bond acceptors (Lipinski definition) is 4. The van der Waals surface area contributed by atoms with E-state index in [1.165, 1.54) is 0 Å². The highest BCUT2D eigenvalue weighted by molar-refractivity contribution is 5.91. The van der Waals surface area contributed by atoms with Gasteiger partial charge in [-0.1, -0.05) is 6.92 Å². The fourth-order valence-electron chi connectivity index (χ4n) is 1.45. The van der Waals surface area contributed by atoms with Gasteiger partial charge in [0.05, 0.1) is 12.9 Å². The topological polar surface area (TPSA) is 82.2 Å². The Morgan fingerprint density at radius 2 is 2.47 bits per heavy atom. The summed E-state index contributed by atoms with van der Waals surface area (Å²) in [4.78, 5) is 15.7. The Morgan fingerprint density at radius 1 is 1.71 bits per heavy atom. The van der Waals surface area contributed by atoms with Crippen LogP contribution in [0.15, 0.2) is 12.5 Å². The number of nitrogens with one attached hydrogen (secondary N) is 1. The lowest BCUT2D eigenvalue weighted by Crippen LogP contribution is -2.30. The van der Waals surface area contributed by atoms with Crippen LogP contribution in [-0.4, -0.2) is 42.3 Å². The van der Waals surface area contributed by atoms with Crippen LogP contribution in [0.2, 0.25) is 0 Å². The molecular weight excluding hydrogens is 220 g/mol. The van der Waals surface area contributed by atoms with Gasteiger partial charge in [0.25, 0.3) is 5.91 Å². The number of nitrogens with zero attached hydrogens (tertiary/aromatic N) is 2. The molecule has 6 heteroatoms. The number of aromatic nitrogens is 2. The van der Waals surface area contributed by atoms with E-state index in [-0.39, 0.29) is 11.8 Å². The number of nitrogens with two attached hydrogens (primary N) is 1. The Labute approximate surface area is 101 Å². The van der Waals surface area contributed by atoms with E-state index >= 15 is 0 Å². The van der Waals surface area contributed by atoms with Crippen molar-refractivity contribution in [3.63, 3.8) is 0 Å². The van der Waals surface area contributed by atoms with Gasteiger partial charge < -0.3 is 20.4 Å².